The van der Waals surface area contributed by atoms with Gasteiger partial charge in [0.15, 0.2) is 0 Å². The smallest absolute Gasteiger partial charge is 0.224 e. The van der Waals surface area contributed by atoms with E-state index < -0.39 is 0 Å². The standard InChI is InChI=1S/C11H22N2O2/c1-15-7-5-11(14)13-6-3-2-4-10(8-12)9-13/h10H,2-9,12H2,1H3. The van der Waals surface area contributed by atoms with Gasteiger partial charge >= 0.3 is 0 Å². The number of rotatable bonds is 4. The highest BCUT2D eigenvalue weighted by molar-refractivity contribution is 5.76. The van der Waals surface area contributed by atoms with Crippen molar-refractivity contribution in [1.82, 2.24) is 4.90 Å². The fourth-order valence-electron chi connectivity index (χ4n) is 2.00. The van der Waals surface area contributed by atoms with Gasteiger partial charge in [-0.1, -0.05) is 6.42 Å². The molecule has 2 N–H and O–H groups in total. The molecule has 1 atom stereocenters. The summed E-state index contributed by atoms with van der Waals surface area (Å²) in [4.78, 5) is 13.7. The number of carbonyl (C=O) groups is 1. The number of likely N-dealkylation sites (tertiary alicyclic amines) is 1. The Balaban J connectivity index is 2.40. The van der Waals surface area contributed by atoms with E-state index in [1.807, 2.05) is 4.90 Å². The lowest BCUT2D eigenvalue weighted by molar-refractivity contribution is -0.132. The lowest BCUT2D eigenvalue weighted by Gasteiger charge is -2.23. The molecule has 88 valence electrons. The number of methoxy groups -OCH3 is 1. The first-order chi connectivity index (χ1) is 7.27. The van der Waals surface area contributed by atoms with Crippen LogP contribution in [0.1, 0.15) is 25.7 Å². The van der Waals surface area contributed by atoms with Gasteiger partial charge in [0.05, 0.1) is 13.0 Å². The minimum Gasteiger partial charge on any atom is -0.384 e. The second-order valence-electron chi connectivity index (χ2n) is 4.18. The summed E-state index contributed by atoms with van der Waals surface area (Å²) < 4.78 is 4.92. The first kappa shape index (κ1) is 12.5. The second-order valence-corrected chi connectivity index (χ2v) is 4.18. The molecular formula is C11H22N2O2. The van der Waals surface area contributed by atoms with Crippen molar-refractivity contribution < 1.29 is 9.53 Å². The average molecular weight is 214 g/mol. The molecule has 1 heterocycles. The minimum absolute atomic E-state index is 0.206. The van der Waals surface area contributed by atoms with Crippen molar-refractivity contribution in [2.24, 2.45) is 11.7 Å². The highest BCUT2D eigenvalue weighted by Crippen LogP contribution is 2.15. The lowest BCUT2D eigenvalue weighted by atomic mass is 10.0. The van der Waals surface area contributed by atoms with Gasteiger partial charge in [0, 0.05) is 20.2 Å². The third-order valence-electron chi connectivity index (χ3n) is 2.98. The molecule has 0 spiro atoms. The van der Waals surface area contributed by atoms with Gasteiger partial charge in [-0.3, -0.25) is 4.79 Å². The highest BCUT2D eigenvalue weighted by atomic mass is 16.5. The zero-order valence-corrected chi connectivity index (χ0v) is 9.58. The third-order valence-corrected chi connectivity index (χ3v) is 2.98. The molecule has 0 bridgehead atoms. The molecule has 0 aromatic heterocycles. The molecule has 1 unspecified atom stereocenters. The first-order valence-electron chi connectivity index (χ1n) is 5.74. The summed E-state index contributed by atoms with van der Waals surface area (Å²) in [6, 6.07) is 0. The van der Waals surface area contributed by atoms with E-state index in [9.17, 15) is 4.79 Å². The molecule has 0 radical (unpaired) electrons. The molecule has 0 aromatic carbocycles. The van der Waals surface area contributed by atoms with E-state index in [0.717, 1.165) is 25.9 Å². The van der Waals surface area contributed by atoms with Crippen LogP contribution in [-0.2, 0) is 9.53 Å². The molecule has 0 saturated carbocycles. The Morgan fingerprint density at radius 3 is 3.00 bits per heavy atom. The van der Waals surface area contributed by atoms with Crippen molar-refractivity contribution in [2.75, 3.05) is 33.4 Å². The van der Waals surface area contributed by atoms with Gasteiger partial charge in [-0.05, 0) is 25.3 Å². The van der Waals surface area contributed by atoms with Crippen LogP contribution in [-0.4, -0.2) is 44.2 Å². The van der Waals surface area contributed by atoms with E-state index in [2.05, 4.69) is 0 Å². The fraction of sp³-hybridized carbons (Fsp3) is 0.909. The van der Waals surface area contributed by atoms with Gasteiger partial charge in [0.2, 0.25) is 5.91 Å². The summed E-state index contributed by atoms with van der Waals surface area (Å²) in [7, 11) is 1.62. The van der Waals surface area contributed by atoms with E-state index in [1.54, 1.807) is 7.11 Å². The number of ether oxygens (including phenoxy) is 1. The quantitative estimate of drug-likeness (QED) is 0.746. The molecule has 1 rings (SSSR count). The second kappa shape index (κ2) is 6.80. The van der Waals surface area contributed by atoms with Crippen LogP contribution in [0, 0.1) is 5.92 Å². The van der Waals surface area contributed by atoms with Gasteiger partial charge in [-0.2, -0.15) is 0 Å². The van der Waals surface area contributed by atoms with Crippen molar-refractivity contribution >= 4 is 5.91 Å². The summed E-state index contributed by atoms with van der Waals surface area (Å²) in [5.74, 6) is 0.691. The lowest BCUT2D eigenvalue weighted by Crippen LogP contribution is -2.36. The SMILES string of the molecule is COCCC(=O)N1CCCCC(CN)C1. The number of amides is 1. The summed E-state index contributed by atoms with van der Waals surface area (Å²) in [6.07, 6.45) is 3.95. The third kappa shape index (κ3) is 4.18. The molecule has 4 nitrogen and oxygen atoms in total. The van der Waals surface area contributed by atoms with E-state index in [1.165, 1.54) is 6.42 Å². The molecule has 1 amide bonds. The first-order valence-corrected chi connectivity index (χ1v) is 5.74. The molecule has 15 heavy (non-hydrogen) atoms. The van der Waals surface area contributed by atoms with Crippen molar-refractivity contribution in [1.29, 1.82) is 0 Å². The van der Waals surface area contributed by atoms with Gasteiger partial charge in [0.1, 0.15) is 0 Å². The van der Waals surface area contributed by atoms with Crippen LogP contribution in [0.15, 0.2) is 0 Å². The Hall–Kier alpha value is -0.610. The fourth-order valence-corrected chi connectivity index (χ4v) is 2.00. The maximum atomic E-state index is 11.8. The largest absolute Gasteiger partial charge is 0.384 e. The summed E-state index contributed by atoms with van der Waals surface area (Å²) in [5.41, 5.74) is 5.67. The Bertz CT molecular complexity index is 197. The normalized spacial score (nSPS) is 22.5. The number of hydrogen-bond donors (Lipinski definition) is 1. The van der Waals surface area contributed by atoms with E-state index in [-0.39, 0.29) is 5.91 Å². The Morgan fingerprint density at radius 2 is 2.33 bits per heavy atom. The number of carbonyl (C=O) groups excluding carboxylic acids is 1. The van der Waals surface area contributed by atoms with Crippen LogP contribution in [0.4, 0.5) is 0 Å². The van der Waals surface area contributed by atoms with Crippen LogP contribution >= 0.6 is 0 Å². The van der Waals surface area contributed by atoms with Crippen molar-refractivity contribution in [3.8, 4) is 0 Å². The zero-order valence-electron chi connectivity index (χ0n) is 9.58. The van der Waals surface area contributed by atoms with Gasteiger partial charge in [-0.25, -0.2) is 0 Å². The highest BCUT2D eigenvalue weighted by Gasteiger charge is 2.20. The molecule has 4 heteroatoms. The van der Waals surface area contributed by atoms with Crippen LogP contribution in [0.5, 0.6) is 0 Å². The van der Waals surface area contributed by atoms with Gasteiger partial charge in [0.25, 0.3) is 0 Å². The number of nitrogens with zero attached hydrogens (tertiary/aromatic N) is 1. The topological polar surface area (TPSA) is 55.6 Å². The van der Waals surface area contributed by atoms with Crippen molar-refractivity contribution in [2.45, 2.75) is 25.7 Å². The van der Waals surface area contributed by atoms with Crippen molar-refractivity contribution in [3.63, 3.8) is 0 Å². The van der Waals surface area contributed by atoms with E-state index >= 15 is 0 Å². The number of hydrogen-bond acceptors (Lipinski definition) is 3. The van der Waals surface area contributed by atoms with Gasteiger partial charge < -0.3 is 15.4 Å². The summed E-state index contributed by atoms with van der Waals surface area (Å²) in [6.45, 7) is 2.93. The Morgan fingerprint density at radius 1 is 1.53 bits per heavy atom. The monoisotopic (exact) mass is 214 g/mol. The average Bonchev–Trinajstić information content (AvgIpc) is 2.50. The van der Waals surface area contributed by atoms with E-state index in [4.69, 9.17) is 10.5 Å². The van der Waals surface area contributed by atoms with Crippen molar-refractivity contribution in [3.05, 3.63) is 0 Å². The van der Waals surface area contributed by atoms with Crippen LogP contribution < -0.4 is 5.73 Å². The molecule has 1 saturated heterocycles. The maximum absolute atomic E-state index is 11.8. The predicted molar refractivity (Wildman–Crippen MR) is 59.5 cm³/mol. The molecule has 1 aliphatic rings. The molecule has 1 aliphatic heterocycles. The Labute approximate surface area is 91.8 Å². The zero-order chi connectivity index (χ0) is 11.1. The van der Waals surface area contributed by atoms with Crippen LogP contribution in [0.3, 0.4) is 0 Å². The molecule has 1 fully saturated rings. The predicted octanol–water partition coefficient (Wildman–Crippen LogP) is 0.610. The summed E-state index contributed by atoms with van der Waals surface area (Å²) >= 11 is 0. The van der Waals surface area contributed by atoms with Crippen LogP contribution in [0.2, 0.25) is 0 Å². The van der Waals surface area contributed by atoms with Crippen LogP contribution in [0.25, 0.3) is 0 Å². The molecular weight excluding hydrogens is 192 g/mol. The minimum atomic E-state index is 0.206. The van der Waals surface area contributed by atoms with E-state index in [0.29, 0.717) is 25.5 Å². The Kier molecular flexibility index (Phi) is 5.65. The van der Waals surface area contributed by atoms with Gasteiger partial charge in [-0.15, -0.1) is 0 Å². The summed E-state index contributed by atoms with van der Waals surface area (Å²) in [5, 5.41) is 0. The molecule has 0 aromatic rings. The molecule has 0 aliphatic carbocycles. The number of nitrogens with two attached hydrogens (primary N) is 1. The maximum Gasteiger partial charge on any atom is 0.224 e.